The van der Waals surface area contributed by atoms with E-state index in [1.54, 1.807) is 31.2 Å². The Morgan fingerprint density at radius 1 is 1.15 bits per heavy atom. The molecule has 0 aromatic heterocycles. The van der Waals surface area contributed by atoms with E-state index in [0.29, 0.717) is 16.8 Å². The predicted octanol–water partition coefficient (Wildman–Crippen LogP) is 3.41. The summed E-state index contributed by atoms with van der Waals surface area (Å²) >= 11 is 0. The van der Waals surface area contributed by atoms with Crippen molar-refractivity contribution in [2.24, 2.45) is 0 Å². The summed E-state index contributed by atoms with van der Waals surface area (Å²) in [5, 5.41) is 0. The van der Waals surface area contributed by atoms with Gasteiger partial charge in [-0.15, -0.1) is 0 Å². The minimum absolute atomic E-state index is 0.0978. The normalized spacial score (nSPS) is 10.6. The number of alkyl halides is 2. The molecule has 0 amide bonds. The van der Waals surface area contributed by atoms with Crippen LogP contribution in [0.1, 0.15) is 21.5 Å². The highest BCUT2D eigenvalue weighted by Crippen LogP contribution is 2.25. The maximum absolute atomic E-state index is 12.4. The second-order valence-electron chi connectivity index (χ2n) is 4.28. The van der Waals surface area contributed by atoms with Crippen LogP contribution in [0.15, 0.2) is 42.5 Å². The minimum atomic E-state index is -2.98. The number of rotatable bonds is 4. The third-order valence-electron chi connectivity index (χ3n) is 2.84. The van der Waals surface area contributed by atoms with E-state index >= 15 is 0 Å². The zero-order valence-corrected chi connectivity index (χ0v) is 10.8. The van der Waals surface area contributed by atoms with E-state index in [-0.39, 0.29) is 17.1 Å². The topological polar surface area (TPSA) is 52.3 Å². The number of hydrogen-bond donors (Lipinski definition) is 1. The van der Waals surface area contributed by atoms with Crippen molar-refractivity contribution in [2.45, 2.75) is 13.5 Å². The van der Waals surface area contributed by atoms with Crippen LogP contribution in [0, 0.1) is 6.92 Å². The summed E-state index contributed by atoms with van der Waals surface area (Å²) in [6.07, 6.45) is 0. The standard InChI is InChI=1S/C15H13F2NO2/c1-9-8-10(18)6-7-11(9)14(19)12-4-2-3-5-13(12)20-15(16)17/h2-8,15H,18H2,1H3. The molecule has 0 fully saturated rings. The predicted molar refractivity (Wildman–Crippen MR) is 72.1 cm³/mol. The first-order chi connectivity index (χ1) is 9.49. The average Bonchev–Trinajstić information content (AvgIpc) is 2.38. The van der Waals surface area contributed by atoms with Crippen LogP contribution in [-0.2, 0) is 0 Å². The highest BCUT2D eigenvalue weighted by molar-refractivity contribution is 6.11. The fraction of sp³-hybridized carbons (Fsp3) is 0.133. The van der Waals surface area contributed by atoms with Crippen molar-refractivity contribution in [3.05, 3.63) is 59.2 Å². The van der Waals surface area contributed by atoms with Gasteiger partial charge in [-0.25, -0.2) is 0 Å². The van der Waals surface area contributed by atoms with Crippen LogP contribution in [-0.4, -0.2) is 12.4 Å². The molecule has 5 heteroatoms. The molecule has 2 N–H and O–H groups in total. The summed E-state index contributed by atoms with van der Waals surface area (Å²) < 4.78 is 29.1. The number of carbonyl (C=O) groups excluding carboxylic acids is 1. The summed E-state index contributed by atoms with van der Waals surface area (Å²) in [6, 6.07) is 10.7. The van der Waals surface area contributed by atoms with E-state index in [9.17, 15) is 13.6 Å². The molecule has 20 heavy (non-hydrogen) atoms. The fourth-order valence-corrected chi connectivity index (χ4v) is 1.94. The van der Waals surface area contributed by atoms with Gasteiger partial charge in [0.1, 0.15) is 5.75 Å². The summed E-state index contributed by atoms with van der Waals surface area (Å²) in [4.78, 5) is 12.4. The monoisotopic (exact) mass is 277 g/mol. The van der Waals surface area contributed by atoms with Crippen molar-refractivity contribution < 1.29 is 18.3 Å². The summed E-state index contributed by atoms with van der Waals surface area (Å²) in [7, 11) is 0. The lowest BCUT2D eigenvalue weighted by atomic mass is 9.98. The number of ether oxygens (including phenoxy) is 1. The number of benzene rings is 2. The van der Waals surface area contributed by atoms with Crippen molar-refractivity contribution in [2.75, 3.05) is 5.73 Å². The third kappa shape index (κ3) is 2.93. The Labute approximate surface area is 115 Å². The third-order valence-corrected chi connectivity index (χ3v) is 2.84. The number of hydrogen-bond acceptors (Lipinski definition) is 3. The zero-order chi connectivity index (χ0) is 14.7. The van der Waals surface area contributed by atoms with E-state index < -0.39 is 6.61 Å². The van der Waals surface area contributed by atoms with E-state index in [1.807, 2.05) is 0 Å². The lowest BCUT2D eigenvalue weighted by Crippen LogP contribution is -2.10. The van der Waals surface area contributed by atoms with Crippen LogP contribution in [0.4, 0.5) is 14.5 Å². The summed E-state index contributed by atoms with van der Waals surface area (Å²) in [6.45, 7) is -1.24. The van der Waals surface area contributed by atoms with Crippen LogP contribution in [0.5, 0.6) is 5.75 Å². The summed E-state index contributed by atoms with van der Waals surface area (Å²) in [5.74, 6) is -0.512. The SMILES string of the molecule is Cc1cc(N)ccc1C(=O)c1ccccc1OC(F)F. The largest absolute Gasteiger partial charge is 0.434 e. The highest BCUT2D eigenvalue weighted by Gasteiger charge is 2.18. The Morgan fingerprint density at radius 2 is 1.85 bits per heavy atom. The van der Waals surface area contributed by atoms with E-state index in [4.69, 9.17) is 5.73 Å². The molecule has 0 aliphatic carbocycles. The number of carbonyl (C=O) groups is 1. The first-order valence-electron chi connectivity index (χ1n) is 5.93. The van der Waals surface area contributed by atoms with Gasteiger partial charge in [-0.2, -0.15) is 8.78 Å². The van der Waals surface area contributed by atoms with Gasteiger partial charge in [0.2, 0.25) is 0 Å². The molecule has 3 nitrogen and oxygen atoms in total. The molecule has 0 saturated heterocycles. The molecule has 2 aromatic rings. The quantitative estimate of drug-likeness (QED) is 0.688. The van der Waals surface area contributed by atoms with Gasteiger partial charge in [-0.3, -0.25) is 4.79 Å². The van der Waals surface area contributed by atoms with Gasteiger partial charge in [0.25, 0.3) is 0 Å². The highest BCUT2D eigenvalue weighted by atomic mass is 19.3. The van der Waals surface area contributed by atoms with Gasteiger partial charge in [-0.1, -0.05) is 12.1 Å². The number of halogens is 2. The second kappa shape index (κ2) is 5.69. The molecular formula is C15H13F2NO2. The molecule has 0 radical (unpaired) electrons. The van der Waals surface area contributed by atoms with Crippen LogP contribution in [0.3, 0.4) is 0 Å². The van der Waals surface area contributed by atoms with Gasteiger partial charge in [0.05, 0.1) is 5.56 Å². The Hall–Kier alpha value is -2.43. The average molecular weight is 277 g/mol. The van der Waals surface area contributed by atoms with Crippen molar-refractivity contribution >= 4 is 11.5 Å². The van der Waals surface area contributed by atoms with E-state index in [1.165, 1.54) is 18.2 Å². The molecule has 0 aliphatic rings. The molecule has 2 aromatic carbocycles. The fourth-order valence-electron chi connectivity index (χ4n) is 1.94. The van der Waals surface area contributed by atoms with Gasteiger partial charge in [-0.05, 0) is 42.8 Å². The molecule has 104 valence electrons. The Bertz CT molecular complexity index is 642. The number of aryl methyl sites for hydroxylation is 1. The van der Waals surface area contributed by atoms with Crippen molar-refractivity contribution in [1.29, 1.82) is 0 Å². The first kappa shape index (κ1) is 14.0. The molecule has 0 bridgehead atoms. The van der Waals surface area contributed by atoms with Gasteiger partial charge in [0, 0.05) is 11.3 Å². The van der Waals surface area contributed by atoms with Crippen LogP contribution in [0.2, 0.25) is 0 Å². The van der Waals surface area contributed by atoms with Crippen LogP contribution in [0.25, 0.3) is 0 Å². The number of anilines is 1. The minimum Gasteiger partial charge on any atom is -0.434 e. The number of para-hydroxylation sites is 1. The first-order valence-corrected chi connectivity index (χ1v) is 5.93. The van der Waals surface area contributed by atoms with Crippen molar-refractivity contribution in [3.8, 4) is 5.75 Å². The number of nitrogens with two attached hydrogens (primary N) is 1. The maximum atomic E-state index is 12.4. The van der Waals surface area contributed by atoms with Crippen molar-refractivity contribution in [1.82, 2.24) is 0 Å². The van der Waals surface area contributed by atoms with Gasteiger partial charge in [0.15, 0.2) is 5.78 Å². The molecular weight excluding hydrogens is 264 g/mol. The smallest absolute Gasteiger partial charge is 0.387 e. The Balaban J connectivity index is 2.43. The number of nitrogen functional groups attached to an aromatic ring is 1. The molecule has 2 rings (SSSR count). The van der Waals surface area contributed by atoms with E-state index in [0.717, 1.165) is 0 Å². The molecule has 0 atom stereocenters. The molecule has 0 heterocycles. The Morgan fingerprint density at radius 3 is 2.50 bits per heavy atom. The molecule has 0 aliphatic heterocycles. The van der Waals surface area contributed by atoms with E-state index in [2.05, 4.69) is 4.74 Å². The summed E-state index contributed by atoms with van der Waals surface area (Å²) in [5.41, 5.74) is 7.35. The second-order valence-corrected chi connectivity index (χ2v) is 4.28. The van der Waals surface area contributed by atoms with Gasteiger partial charge < -0.3 is 10.5 Å². The van der Waals surface area contributed by atoms with Crippen LogP contribution < -0.4 is 10.5 Å². The van der Waals surface area contributed by atoms with Crippen LogP contribution >= 0.6 is 0 Å². The maximum Gasteiger partial charge on any atom is 0.387 e. The number of ketones is 1. The molecule has 0 unspecified atom stereocenters. The zero-order valence-electron chi connectivity index (χ0n) is 10.8. The van der Waals surface area contributed by atoms with Gasteiger partial charge >= 0.3 is 6.61 Å². The Kier molecular flexibility index (Phi) is 3.98. The van der Waals surface area contributed by atoms with Crippen molar-refractivity contribution in [3.63, 3.8) is 0 Å². The molecule has 0 spiro atoms. The lowest BCUT2D eigenvalue weighted by molar-refractivity contribution is -0.0501. The lowest BCUT2D eigenvalue weighted by Gasteiger charge is -2.11. The molecule has 0 saturated carbocycles.